The average Bonchev–Trinajstić information content (AvgIpc) is 3.55. The monoisotopic (exact) mass is 426 g/mol. The van der Waals surface area contributed by atoms with Crippen LogP contribution >= 0.6 is 0 Å². The Kier molecular flexibility index (Phi) is 4.19. The Bertz CT molecular complexity index is 1520. The first-order chi connectivity index (χ1) is 15.6. The van der Waals surface area contributed by atoms with Gasteiger partial charge in [-0.05, 0) is 37.2 Å². The second kappa shape index (κ2) is 7.10. The molecule has 9 heteroatoms. The zero-order chi connectivity index (χ0) is 21.8. The third kappa shape index (κ3) is 2.85. The van der Waals surface area contributed by atoms with E-state index in [2.05, 4.69) is 20.4 Å². The van der Waals surface area contributed by atoms with Gasteiger partial charge in [0.2, 0.25) is 0 Å². The van der Waals surface area contributed by atoms with E-state index in [1.165, 1.54) is 0 Å². The Hall–Kier alpha value is -3.85. The molecule has 9 nitrogen and oxygen atoms in total. The van der Waals surface area contributed by atoms with Crippen LogP contribution in [0.15, 0.2) is 53.8 Å². The number of rotatable bonds is 3. The van der Waals surface area contributed by atoms with E-state index in [1.807, 2.05) is 48.3 Å². The summed E-state index contributed by atoms with van der Waals surface area (Å²) < 4.78 is 5.31. The minimum Gasteiger partial charge on any atom is -0.315 e. The normalized spacial score (nSPS) is 16.4. The van der Waals surface area contributed by atoms with Crippen molar-refractivity contribution in [3.8, 4) is 22.5 Å². The van der Waals surface area contributed by atoms with Gasteiger partial charge in [0.15, 0.2) is 0 Å². The second-order valence-corrected chi connectivity index (χ2v) is 8.25. The van der Waals surface area contributed by atoms with Crippen LogP contribution < -0.4 is 11.0 Å². The first-order valence-corrected chi connectivity index (χ1v) is 10.6. The summed E-state index contributed by atoms with van der Waals surface area (Å²) >= 11 is 0. The lowest BCUT2D eigenvalue weighted by molar-refractivity contribution is 0.536. The molecule has 1 aliphatic rings. The Labute approximate surface area is 183 Å². The number of fused-ring (bicyclic) bond motifs is 3. The fraction of sp³-hybridized carbons (Fsp3) is 0.261. The van der Waals surface area contributed by atoms with E-state index in [0.29, 0.717) is 0 Å². The van der Waals surface area contributed by atoms with Gasteiger partial charge in [-0.2, -0.15) is 5.10 Å². The van der Waals surface area contributed by atoms with Gasteiger partial charge < -0.3 is 5.32 Å². The van der Waals surface area contributed by atoms with Crippen molar-refractivity contribution in [2.45, 2.75) is 12.5 Å². The maximum Gasteiger partial charge on any atom is 0.329 e. The van der Waals surface area contributed by atoms with Gasteiger partial charge in [-0.3, -0.25) is 23.8 Å². The van der Waals surface area contributed by atoms with Crippen LogP contribution in [0.5, 0.6) is 0 Å². The number of hydrogen-bond donors (Lipinski definition) is 1. The molecule has 0 radical (unpaired) electrons. The number of nitrogens with one attached hydrogen (secondary N) is 1. The number of hydrogen-bond acceptors (Lipinski definition) is 6. The Morgan fingerprint density at radius 3 is 2.59 bits per heavy atom. The molecule has 5 aromatic heterocycles. The smallest absolute Gasteiger partial charge is 0.315 e. The highest BCUT2D eigenvalue weighted by Crippen LogP contribution is 2.28. The summed E-state index contributed by atoms with van der Waals surface area (Å²) in [6.07, 6.45) is 8.24. The number of pyridine rings is 3. The molecule has 0 saturated carbocycles. The molecule has 0 aliphatic carbocycles. The van der Waals surface area contributed by atoms with Crippen molar-refractivity contribution < 1.29 is 0 Å². The predicted molar refractivity (Wildman–Crippen MR) is 122 cm³/mol. The van der Waals surface area contributed by atoms with Gasteiger partial charge in [0.25, 0.3) is 0 Å². The molecule has 0 spiro atoms. The predicted octanol–water partition coefficient (Wildman–Crippen LogP) is 2.28. The Morgan fingerprint density at radius 2 is 1.88 bits per heavy atom. The van der Waals surface area contributed by atoms with E-state index in [-0.39, 0.29) is 11.7 Å². The van der Waals surface area contributed by atoms with Crippen LogP contribution in [0.1, 0.15) is 12.5 Å². The van der Waals surface area contributed by atoms with Crippen molar-refractivity contribution in [3.05, 3.63) is 59.5 Å². The molecule has 0 bridgehead atoms. The highest BCUT2D eigenvalue weighted by atomic mass is 16.1. The maximum atomic E-state index is 13.1. The summed E-state index contributed by atoms with van der Waals surface area (Å²) in [5.41, 5.74) is 6.65. The van der Waals surface area contributed by atoms with Gasteiger partial charge in [-0.25, -0.2) is 9.78 Å². The lowest BCUT2D eigenvalue weighted by Crippen LogP contribution is -2.27. The number of aryl methyl sites for hydroxylation is 2. The molecule has 1 fully saturated rings. The molecule has 6 heterocycles. The van der Waals surface area contributed by atoms with Crippen molar-refractivity contribution in [1.82, 2.24) is 39.2 Å². The summed E-state index contributed by atoms with van der Waals surface area (Å²) in [6.45, 7) is 1.69. The van der Waals surface area contributed by atoms with E-state index in [4.69, 9.17) is 4.98 Å². The van der Waals surface area contributed by atoms with Crippen molar-refractivity contribution in [2.75, 3.05) is 13.1 Å². The van der Waals surface area contributed by atoms with Crippen molar-refractivity contribution in [2.24, 2.45) is 14.1 Å². The maximum absolute atomic E-state index is 13.1. The molecule has 1 atom stereocenters. The Balaban J connectivity index is 1.51. The summed E-state index contributed by atoms with van der Waals surface area (Å²) in [5, 5.41) is 7.57. The standard InChI is InChI=1S/C23H22N8O/c1-29-13-15(10-27-29)17-4-3-14(9-25-17)18-5-6-19-21(28-18)22-20(12-26-19)30(2)23(32)31(22)16-7-8-24-11-16/h3-6,9-10,12-13,16,24H,7-8,11H2,1-2H3/t16-/m0/s1. The lowest BCUT2D eigenvalue weighted by atomic mass is 10.1. The van der Waals surface area contributed by atoms with Crippen LogP contribution in [0.3, 0.4) is 0 Å². The van der Waals surface area contributed by atoms with Gasteiger partial charge >= 0.3 is 5.69 Å². The van der Waals surface area contributed by atoms with Gasteiger partial charge in [0.1, 0.15) is 5.52 Å². The second-order valence-electron chi connectivity index (χ2n) is 8.25. The Morgan fingerprint density at radius 1 is 1.00 bits per heavy atom. The third-order valence-electron chi connectivity index (χ3n) is 6.22. The first-order valence-electron chi connectivity index (χ1n) is 10.6. The molecule has 0 aromatic carbocycles. The number of nitrogens with zero attached hydrogens (tertiary/aromatic N) is 7. The summed E-state index contributed by atoms with van der Waals surface area (Å²) in [4.78, 5) is 27.2. The summed E-state index contributed by atoms with van der Waals surface area (Å²) in [7, 11) is 3.68. The van der Waals surface area contributed by atoms with Gasteiger partial charge in [-0.15, -0.1) is 0 Å². The molecule has 1 aliphatic heterocycles. The minimum absolute atomic E-state index is 0.0299. The fourth-order valence-corrected chi connectivity index (χ4v) is 4.52. The molecule has 1 N–H and O–H groups in total. The van der Waals surface area contributed by atoms with E-state index in [1.54, 1.807) is 28.7 Å². The average molecular weight is 426 g/mol. The molecule has 0 amide bonds. The molecule has 5 aromatic rings. The largest absolute Gasteiger partial charge is 0.329 e. The first kappa shape index (κ1) is 18.9. The van der Waals surface area contributed by atoms with Crippen molar-refractivity contribution in [1.29, 1.82) is 0 Å². The SMILES string of the molecule is Cn1cc(-c2ccc(-c3ccc4ncc5c(c4n3)n([C@H]3CCNC3)c(=O)n5C)cn2)cn1. The third-order valence-corrected chi connectivity index (χ3v) is 6.22. The van der Waals surface area contributed by atoms with Crippen molar-refractivity contribution in [3.63, 3.8) is 0 Å². The molecular formula is C23H22N8O. The quantitative estimate of drug-likeness (QED) is 0.476. The molecule has 1 saturated heterocycles. The fourth-order valence-electron chi connectivity index (χ4n) is 4.52. The van der Waals surface area contributed by atoms with Crippen LogP contribution in [-0.4, -0.2) is 47.0 Å². The summed E-state index contributed by atoms with van der Waals surface area (Å²) in [5.74, 6) is 0. The zero-order valence-corrected chi connectivity index (χ0v) is 17.9. The molecule has 6 rings (SSSR count). The van der Waals surface area contributed by atoms with Crippen LogP contribution in [0.25, 0.3) is 44.6 Å². The lowest BCUT2D eigenvalue weighted by Gasteiger charge is -2.12. The van der Waals surface area contributed by atoms with Crippen LogP contribution in [-0.2, 0) is 14.1 Å². The molecule has 160 valence electrons. The van der Waals surface area contributed by atoms with Crippen LogP contribution in [0.4, 0.5) is 0 Å². The summed E-state index contributed by atoms with van der Waals surface area (Å²) in [6, 6.07) is 8.00. The van der Waals surface area contributed by atoms with E-state index >= 15 is 0 Å². The molecule has 32 heavy (non-hydrogen) atoms. The van der Waals surface area contributed by atoms with Gasteiger partial charge in [-0.1, -0.05) is 0 Å². The van der Waals surface area contributed by atoms with Gasteiger partial charge in [0, 0.05) is 44.2 Å². The molecule has 0 unspecified atom stereocenters. The van der Waals surface area contributed by atoms with Crippen LogP contribution in [0, 0.1) is 0 Å². The van der Waals surface area contributed by atoms with Gasteiger partial charge in [0.05, 0.1) is 46.4 Å². The number of aromatic nitrogens is 7. The van der Waals surface area contributed by atoms with Crippen molar-refractivity contribution >= 4 is 22.1 Å². The van der Waals surface area contributed by atoms with E-state index in [9.17, 15) is 4.79 Å². The zero-order valence-electron chi connectivity index (χ0n) is 17.9. The van der Waals surface area contributed by atoms with E-state index in [0.717, 1.165) is 64.1 Å². The topological polar surface area (TPSA) is 95.5 Å². The van der Waals surface area contributed by atoms with Crippen LogP contribution in [0.2, 0.25) is 0 Å². The highest BCUT2D eigenvalue weighted by Gasteiger charge is 2.24. The molecular weight excluding hydrogens is 404 g/mol. The number of imidazole rings is 1. The van der Waals surface area contributed by atoms with E-state index < -0.39 is 0 Å². The highest BCUT2D eigenvalue weighted by molar-refractivity contribution is 6.00. The minimum atomic E-state index is -0.0299.